The van der Waals surface area contributed by atoms with Crippen molar-refractivity contribution >= 4 is 11.9 Å². The molecule has 0 bridgehead atoms. The standard InChI is InChI=1S/C41H78O5/c1-3-5-7-9-11-13-15-17-19-20-22-24-26-28-30-32-34-36-41(44)46-39(37-42)38-45-40(43)35-33-31-29-27-25-23-21-18-16-14-12-10-8-6-4-2/h17,19,39,42H,3-16,18,20-38H2,1-2H3/t39-/m0/s1. The molecule has 0 amide bonds. The Hall–Kier alpha value is -1.36. The van der Waals surface area contributed by atoms with Gasteiger partial charge in [0.05, 0.1) is 6.61 Å². The summed E-state index contributed by atoms with van der Waals surface area (Å²) in [5, 5.41) is 9.55. The van der Waals surface area contributed by atoms with E-state index in [-0.39, 0.29) is 25.2 Å². The molecular weight excluding hydrogens is 572 g/mol. The lowest BCUT2D eigenvalue weighted by atomic mass is 10.0. The summed E-state index contributed by atoms with van der Waals surface area (Å²) in [5.41, 5.74) is 0. The SMILES string of the molecule is CCCCCCCCC=CCCCCCCCCCC(=O)O[C@@H](CO)COC(=O)CCCCCCCCCCCCCCCCC. The van der Waals surface area contributed by atoms with Crippen LogP contribution in [0.2, 0.25) is 0 Å². The predicted molar refractivity (Wildman–Crippen MR) is 196 cm³/mol. The first kappa shape index (κ1) is 44.6. The first-order chi connectivity index (χ1) is 22.6. The zero-order valence-corrected chi connectivity index (χ0v) is 30.9. The van der Waals surface area contributed by atoms with Crippen molar-refractivity contribution in [1.82, 2.24) is 0 Å². The van der Waals surface area contributed by atoms with Gasteiger partial charge in [-0.05, 0) is 38.5 Å². The Morgan fingerprint density at radius 3 is 1.17 bits per heavy atom. The van der Waals surface area contributed by atoms with Gasteiger partial charge in [0.15, 0.2) is 6.10 Å². The van der Waals surface area contributed by atoms with Crippen molar-refractivity contribution in [3.63, 3.8) is 0 Å². The first-order valence-corrected chi connectivity index (χ1v) is 20.2. The van der Waals surface area contributed by atoms with Crippen LogP contribution in [0.5, 0.6) is 0 Å². The van der Waals surface area contributed by atoms with Gasteiger partial charge >= 0.3 is 11.9 Å². The minimum Gasteiger partial charge on any atom is -0.462 e. The maximum Gasteiger partial charge on any atom is 0.306 e. The van der Waals surface area contributed by atoms with E-state index in [2.05, 4.69) is 26.0 Å². The molecule has 272 valence electrons. The summed E-state index contributed by atoms with van der Waals surface area (Å²) in [4.78, 5) is 24.2. The zero-order chi connectivity index (χ0) is 33.6. The first-order valence-electron chi connectivity index (χ1n) is 20.2. The van der Waals surface area contributed by atoms with E-state index < -0.39 is 6.10 Å². The van der Waals surface area contributed by atoms with Crippen molar-refractivity contribution in [2.75, 3.05) is 13.2 Å². The van der Waals surface area contributed by atoms with Gasteiger partial charge in [0.1, 0.15) is 6.61 Å². The Balaban J connectivity index is 3.52. The minimum atomic E-state index is -0.766. The van der Waals surface area contributed by atoms with Crippen LogP contribution < -0.4 is 0 Å². The summed E-state index contributed by atoms with van der Waals surface area (Å²) in [6, 6.07) is 0. The second kappa shape index (κ2) is 38.1. The molecule has 0 heterocycles. The summed E-state index contributed by atoms with van der Waals surface area (Å²) < 4.78 is 10.6. The van der Waals surface area contributed by atoms with Crippen LogP contribution in [0.3, 0.4) is 0 Å². The van der Waals surface area contributed by atoms with Crippen LogP contribution in [0.1, 0.15) is 219 Å². The molecule has 0 unspecified atom stereocenters. The fraction of sp³-hybridized carbons (Fsp3) is 0.902. The third kappa shape index (κ3) is 35.5. The van der Waals surface area contributed by atoms with Gasteiger partial charge in [-0.3, -0.25) is 9.59 Å². The topological polar surface area (TPSA) is 72.8 Å². The maximum atomic E-state index is 12.2. The van der Waals surface area contributed by atoms with Crippen LogP contribution in [-0.2, 0) is 19.1 Å². The van der Waals surface area contributed by atoms with Gasteiger partial charge in [-0.1, -0.05) is 180 Å². The Kier molecular flexibility index (Phi) is 37.0. The molecule has 0 spiro atoms. The molecular formula is C41H78O5. The molecule has 0 rings (SSSR count). The lowest BCUT2D eigenvalue weighted by molar-refractivity contribution is -0.161. The summed E-state index contributed by atoms with van der Waals surface area (Å²) in [7, 11) is 0. The molecule has 0 aromatic heterocycles. The van der Waals surface area contributed by atoms with Crippen LogP contribution >= 0.6 is 0 Å². The van der Waals surface area contributed by atoms with Gasteiger partial charge in [-0.2, -0.15) is 0 Å². The lowest BCUT2D eigenvalue weighted by Crippen LogP contribution is -2.28. The van der Waals surface area contributed by atoms with Gasteiger partial charge < -0.3 is 14.6 Å². The second-order valence-electron chi connectivity index (χ2n) is 13.7. The summed E-state index contributed by atoms with van der Waals surface area (Å²) in [6.45, 7) is 4.15. The molecule has 5 nitrogen and oxygen atoms in total. The quantitative estimate of drug-likeness (QED) is 0.0411. The number of carbonyl (C=O) groups excluding carboxylic acids is 2. The van der Waals surface area contributed by atoms with Gasteiger partial charge in [0, 0.05) is 12.8 Å². The largest absolute Gasteiger partial charge is 0.462 e. The highest BCUT2D eigenvalue weighted by molar-refractivity contribution is 5.70. The third-order valence-corrected chi connectivity index (χ3v) is 9.06. The van der Waals surface area contributed by atoms with Crippen LogP contribution in [0.4, 0.5) is 0 Å². The molecule has 1 N–H and O–H groups in total. The normalized spacial score (nSPS) is 12.2. The minimum absolute atomic E-state index is 0.0615. The Bertz CT molecular complexity index is 661. The molecule has 0 saturated carbocycles. The average molecular weight is 651 g/mol. The molecule has 0 aromatic carbocycles. The van der Waals surface area contributed by atoms with E-state index in [0.29, 0.717) is 12.8 Å². The zero-order valence-electron chi connectivity index (χ0n) is 30.9. The van der Waals surface area contributed by atoms with E-state index in [1.165, 1.54) is 161 Å². The highest BCUT2D eigenvalue weighted by Gasteiger charge is 2.16. The van der Waals surface area contributed by atoms with Crippen molar-refractivity contribution in [3.8, 4) is 0 Å². The number of ether oxygens (including phenoxy) is 2. The molecule has 0 aliphatic rings. The van der Waals surface area contributed by atoms with Crippen LogP contribution in [0.25, 0.3) is 0 Å². The highest BCUT2D eigenvalue weighted by atomic mass is 16.6. The number of esters is 2. The van der Waals surface area contributed by atoms with Crippen molar-refractivity contribution in [2.45, 2.75) is 225 Å². The molecule has 46 heavy (non-hydrogen) atoms. The summed E-state index contributed by atoms with van der Waals surface area (Å²) in [6.07, 6.45) is 42.7. The highest BCUT2D eigenvalue weighted by Crippen LogP contribution is 2.15. The second-order valence-corrected chi connectivity index (χ2v) is 13.7. The predicted octanol–water partition coefficient (Wildman–Crippen LogP) is 12.5. The lowest BCUT2D eigenvalue weighted by Gasteiger charge is -2.15. The molecule has 0 aliphatic heterocycles. The summed E-state index contributed by atoms with van der Waals surface area (Å²) in [5.74, 6) is -0.585. The van der Waals surface area contributed by atoms with E-state index in [0.717, 1.165) is 32.1 Å². The molecule has 0 saturated heterocycles. The Morgan fingerprint density at radius 1 is 0.478 bits per heavy atom. The molecule has 0 aromatic rings. The molecule has 1 atom stereocenters. The fourth-order valence-corrected chi connectivity index (χ4v) is 5.96. The number of hydrogen-bond donors (Lipinski definition) is 1. The monoisotopic (exact) mass is 651 g/mol. The molecule has 0 radical (unpaired) electrons. The third-order valence-electron chi connectivity index (χ3n) is 9.06. The van der Waals surface area contributed by atoms with Gasteiger partial charge in [0.2, 0.25) is 0 Å². The maximum absolute atomic E-state index is 12.2. The van der Waals surface area contributed by atoms with E-state index in [9.17, 15) is 14.7 Å². The van der Waals surface area contributed by atoms with Crippen LogP contribution in [0, 0.1) is 0 Å². The average Bonchev–Trinajstić information content (AvgIpc) is 3.06. The number of aliphatic hydroxyl groups excluding tert-OH is 1. The van der Waals surface area contributed by atoms with E-state index in [1.54, 1.807) is 0 Å². The van der Waals surface area contributed by atoms with Crippen molar-refractivity contribution < 1.29 is 24.2 Å². The van der Waals surface area contributed by atoms with E-state index in [4.69, 9.17) is 9.47 Å². The van der Waals surface area contributed by atoms with Crippen molar-refractivity contribution in [2.24, 2.45) is 0 Å². The smallest absolute Gasteiger partial charge is 0.306 e. The van der Waals surface area contributed by atoms with Gasteiger partial charge in [0.25, 0.3) is 0 Å². The fourth-order valence-electron chi connectivity index (χ4n) is 5.96. The molecule has 0 fully saturated rings. The van der Waals surface area contributed by atoms with Gasteiger partial charge in [-0.15, -0.1) is 0 Å². The van der Waals surface area contributed by atoms with E-state index >= 15 is 0 Å². The number of hydrogen-bond acceptors (Lipinski definition) is 5. The molecule has 0 aliphatic carbocycles. The number of aliphatic hydroxyl groups is 1. The van der Waals surface area contributed by atoms with Crippen LogP contribution in [0.15, 0.2) is 12.2 Å². The summed E-state index contributed by atoms with van der Waals surface area (Å²) >= 11 is 0. The molecule has 5 heteroatoms. The Morgan fingerprint density at radius 2 is 0.804 bits per heavy atom. The van der Waals surface area contributed by atoms with E-state index in [1.807, 2.05) is 0 Å². The van der Waals surface area contributed by atoms with Gasteiger partial charge in [-0.25, -0.2) is 0 Å². The number of carbonyl (C=O) groups is 2. The van der Waals surface area contributed by atoms with Crippen molar-refractivity contribution in [1.29, 1.82) is 0 Å². The Labute approximate surface area is 286 Å². The number of rotatable bonds is 37. The van der Waals surface area contributed by atoms with Crippen LogP contribution in [-0.4, -0.2) is 36.4 Å². The van der Waals surface area contributed by atoms with Crippen molar-refractivity contribution in [3.05, 3.63) is 12.2 Å². The number of unbranched alkanes of at least 4 members (excludes halogenated alkanes) is 27. The number of allylic oxidation sites excluding steroid dienone is 2.